The fraction of sp³-hybridized carbons (Fsp3) is 0.467. The van der Waals surface area contributed by atoms with Crippen LogP contribution in [0.3, 0.4) is 0 Å². The molecule has 0 bridgehead atoms. The molecule has 2 aromatic rings. The first-order valence-corrected chi connectivity index (χ1v) is 7.76. The summed E-state index contributed by atoms with van der Waals surface area (Å²) in [5, 5.41) is 11.5. The van der Waals surface area contributed by atoms with Gasteiger partial charge in [0.2, 0.25) is 0 Å². The molecule has 2 heterocycles. The number of thiophene rings is 1. The van der Waals surface area contributed by atoms with Crippen molar-refractivity contribution in [3.8, 4) is 10.6 Å². The first-order chi connectivity index (χ1) is 9.52. The largest absolute Gasteiger partial charge is 0.377 e. The summed E-state index contributed by atoms with van der Waals surface area (Å²) in [6.45, 7) is 7.20. The Kier molecular flexibility index (Phi) is 3.17. The first kappa shape index (κ1) is 13.4. The van der Waals surface area contributed by atoms with Crippen molar-refractivity contribution in [3.63, 3.8) is 0 Å². The normalized spacial score (nSPS) is 17.1. The van der Waals surface area contributed by atoms with Gasteiger partial charge >= 0.3 is 0 Å². The van der Waals surface area contributed by atoms with E-state index in [2.05, 4.69) is 36.3 Å². The summed E-state index contributed by atoms with van der Waals surface area (Å²) >= 11 is 1.65. The summed E-state index contributed by atoms with van der Waals surface area (Å²) in [4.78, 5) is 13.6. The molecule has 2 aromatic heterocycles. The molecule has 0 saturated heterocycles. The minimum atomic E-state index is 0.0275. The smallest absolute Gasteiger partial charge is 0.166 e. The quantitative estimate of drug-likeness (QED) is 0.905. The molecular formula is C15H19N3OS. The highest BCUT2D eigenvalue weighted by atomic mass is 32.1. The standard InChI is InChI=1S/C15H19N3OS/c1-4-16-14-12-9(7-15(2,3)8-11(12)19)13(20-14)10-5-6-17-18-10/h5-6,16H,4,7-8H2,1-3H3,(H,17,18). The number of aromatic amines is 1. The molecule has 0 unspecified atom stereocenters. The second-order valence-corrected chi connectivity index (χ2v) is 7.07. The van der Waals surface area contributed by atoms with E-state index >= 15 is 0 Å². The zero-order valence-electron chi connectivity index (χ0n) is 12.0. The molecule has 1 aliphatic carbocycles. The van der Waals surface area contributed by atoms with Gasteiger partial charge in [-0.05, 0) is 30.4 Å². The Morgan fingerprint density at radius 3 is 2.90 bits per heavy atom. The van der Waals surface area contributed by atoms with Gasteiger partial charge in [0.1, 0.15) is 10.7 Å². The molecule has 2 N–H and O–H groups in total. The van der Waals surface area contributed by atoms with Crippen molar-refractivity contribution >= 4 is 22.1 Å². The van der Waals surface area contributed by atoms with E-state index in [0.717, 1.165) is 34.1 Å². The van der Waals surface area contributed by atoms with Crippen molar-refractivity contribution in [2.45, 2.75) is 33.6 Å². The van der Waals surface area contributed by atoms with Crippen LogP contribution < -0.4 is 5.32 Å². The van der Waals surface area contributed by atoms with Gasteiger partial charge in [-0.3, -0.25) is 9.89 Å². The maximum Gasteiger partial charge on any atom is 0.166 e. The number of ketones is 1. The topological polar surface area (TPSA) is 57.8 Å². The number of nitrogens with one attached hydrogen (secondary N) is 2. The van der Waals surface area contributed by atoms with Gasteiger partial charge in [-0.2, -0.15) is 5.10 Å². The molecule has 5 heteroatoms. The molecule has 20 heavy (non-hydrogen) atoms. The lowest BCUT2D eigenvalue weighted by Gasteiger charge is -2.29. The third kappa shape index (κ3) is 2.16. The Labute approximate surface area is 122 Å². The van der Waals surface area contributed by atoms with Gasteiger partial charge in [0.15, 0.2) is 5.78 Å². The lowest BCUT2D eigenvalue weighted by Crippen LogP contribution is -2.26. The fourth-order valence-electron chi connectivity index (χ4n) is 2.87. The number of aromatic nitrogens is 2. The van der Waals surface area contributed by atoms with Gasteiger partial charge in [-0.25, -0.2) is 0 Å². The minimum absolute atomic E-state index is 0.0275. The lowest BCUT2D eigenvalue weighted by atomic mass is 9.74. The number of nitrogens with zero attached hydrogens (tertiary/aromatic N) is 1. The molecule has 0 radical (unpaired) electrons. The maximum atomic E-state index is 12.5. The zero-order valence-corrected chi connectivity index (χ0v) is 12.9. The summed E-state index contributed by atoms with van der Waals surface area (Å²) in [5.41, 5.74) is 3.02. The highest BCUT2D eigenvalue weighted by Gasteiger charge is 2.36. The Morgan fingerprint density at radius 2 is 2.25 bits per heavy atom. The number of carbonyl (C=O) groups is 1. The van der Waals surface area contributed by atoms with Crippen LogP contribution in [0.25, 0.3) is 10.6 Å². The second kappa shape index (κ2) is 4.74. The summed E-state index contributed by atoms with van der Waals surface area (Å²) in [7, 11) is 0. The van der Waals surface area contributed by atoms with Crippen LogP contribution in [0.15, 0.2) is 12.3 Å². The number of Topliss-reactive ketones (excluding diaryl/α,β-unsaturated/α-hetero) is 1. The summed E-state index contributed by atoms with van der Waals surface area (Å²) in [5.74, 6) is 0.255. The summed E-state index contributed by atoms with van der Waals surface area (Å²) < 4.78 is 0. The maximum absolute atomic E-state index is 12.5. The lowest BCUT2D eigenvalue weighted by molar-refractivity contribution is 0.0914. The van der Waals surface area contributed by atoms with Crippen LogP contribution in [-0.2, 0) is 6.42 Å². The predicted molar refractivity (Wildman–Crippen MR) is 82.5 cm³/mol. The van der Waals surface area contributed by atoms with Crippen molar-refractivity contribution in [2.75, 3.05) is 11.9 Å². The van der Waals surface area contributed by atoms with E-state index in [4.69, 9.17) is 0 Å². The Hall–Kier alpha value is -1.62. The molecule has 3 rings (SSSR count). The van der Waals surface area contributed by atoms with Gasteiger partial charge in [-0.1, -0.05) is 13.8 Å². The first-order valence-electron chi connectivity index (χ1n) is 6.95. The molecule has 4 nitrogen and oxygen atoms in total. The van der Waals surface area contributed by atoms with Gasteiger partial charge in [0.05, 0.1) is 10.4 Å². The minimum Gasteiger partial charge on any atom is -0.377 e. The predicted octanol–water partition coefficient (Wildman–Crippen LogP) is 3.73. The van der Waals surface area contributed by atoms with E-state index in [1.807, 2.05) is 12.3 Å². The zero-order chi connectivity index (χ0) is 14.3. The number of hydrogen-bond donors (Lipinski definition) is 2. The number of H-pyrrole nitrogens is 1. The highest BCUT2D eigenvalue weighted by Crippen LogP contribution is 2.47. The number of hydrogen-bond acceptors (Lipinski definition) is 4. The Morgan fingerprint density at radius 1 is 1.45 bits per heavy atom. The van der Waals surface area contributed by atoms with Gasteiger partial charge < -0.3 is 5.32 Å². The number of rotatable bonds is 3. The van der Waals surface area contributed by atoms with E-state index in [-0.39, 0.29) is 11.2 Å². The molecule has 0 aliphatic heterocycles. The van der Waals surface area contributed by atoms with E-state index < -0.39 is 0 Å². The second-order valence-electron chi connectivity index (χ2n) is 6.04. The van der Waals surface area contributed by atoms with Crippen molar-refractivity contribution in [1.29, 1.82) is 0 Å². The SMILES string of the molecule is CCNc1sc(-c2cc[nH]n2)c2c1C(=O)CC(C)(C)C2. The van der Waals surface area contributed by atoms with Crippen molar-refractivity contribution in [3.05, 3.63) is 23.4 Å². The molecule has 0 amide bonds. The molecule has 0 aromatic carbocycles. The van der Waals surface area contributed by atoms with Crippen molar-refractivity contribution in [2.24, 2.45) is 5.41 Å². The highest BCUT2D eigenvalue weighted by molar-refractivity contribution is 7.20. The van der Waals surface area contributed by atoms with Crippen LogP contribution in [0.2, 0.25) is 0 Å². The average molecular weight is 289 g/mol. The van der Waals surface area contributed by atoms with E-state index in [1.165, 1.54) is 5.56 Å². The number of fused-ring (bicyclic) bond motifs is 1. The third-order valence-electron chi connectivity index (χ3n) is 3.65. The summed E-state index contributed by atoms with van der Waals surface area (Å²) in [6.07, 6.45) is 3.37. The monoisotopic (exact) mass is 289 g/mol. The molecule has 0 atom stereocenters. The van der Waals surface area contributed by atoms with E-state index in [9.17, 15) is 4.79 Å². The molecule has 0 fully saturated rings. The molecule has 0 spiro atoms. The molecule has 106 valence electrons. The van der Waals surface area contributed by atoms with E-state index in [1.54, 1.807) is 11.3 Å². The number of anilines is 1. The van der Waals surface area contributed by atoms with Crippen LogP contribution in [0, 0.1) is 5.41 Å². The van der Waals surface area contributed by atoms with Crippen LogP contribution in [0.4, 0.5) is 5.00 Å². The van der Waals surface area contributed by atoms with Gasteiger partial charge in [0, 0.05) is 19.2 Å². The van der Waals surface area contributed by atoms with Crippen LogP contribution in [0.1, 0.15) is 43.1 Å². The van der Waals surface area contributed by atoms with Gasteiger partial charge in [0.25, 0.3) is 0 Å². The Bertz CT molecular complexity index is 640. The van der Waals surface area contributed by atoms with Crippen LogP contribution in [0.5, 0.6) is 0 Å². The average Bonchev–Trinajstić information content (AvgIpc) is 2.95. The fourth-order valence-corrected chi connectivity index (χ4v) is 4.15. The van der Waals surface area contributed by atoms with Gasteiger partial charge in [-0.15, -0.1) is 11.3 Å². The van der Waals surface area contributed by atoms with E-state index in [0.29, 0.717) is 6.42 Å². The molecule has 1 aliphatic rings. The van der Waals surface area contributed by atoms with Crippen molar-refractivity contribution < 1.29 is 4.79 Å². The van der Waals surface area contributed by atoms with Crippen molar-refractivity contribution in [1.82, 2.24) is 10.2 Å². The summed E-state index contributed by atoms with van der Waals surface area (Å²) in [6, 6.07) is 1.97. The number of carbonyl (C=O) groups excluding carboxylic acids is 1. The molecule has 0 saturated carbocycles. The Balaban J connectivity index is 2.18. The molecular weight excluding hydrogens is 270 g/mol. The van der Waals surface area contributed by atoms with Crippen LogP contribution >= 0.6 is 11.3 Å². The third-order valence-corrected chi connectivity index (χ3v) is 4.86. The van der Waals surface area contributed by atoms with Crippen LogP contribution in [-0.4, -0.2) is 22.5 Å².